The van der Waals surface area contributed by atoms with Crippen LogP contribution in [-0.2, 0) is 13.1 Å². The molecular formula is C62H63BrN14O6. The molecule has 3 N–H and O–H groups in total. The minimum Gasteiger partial charge on any atom is -0.506 e. The number of aromatic nitrogens is 8. The number of ether oxygens (including phenoxy) is 3. The number of alkyl halides is 1. The van der Waals surface area contributed by atoms with Crippen LogP contribution in [0.1, 0.15) is 73.6 Å². The highest BCUT2D eigenvalue weighted by atomic mass is 79.9. The molecule has 8 aromatic rings. The zero-order valence-corrected chi connectivity index (χ0v) is 47.8. The van der Waals surface area contributed by atoms with Gasteiger partial charge in [-0.2, -0.15) is 20.7 Å². The number of hydrogen-bond acceptors (Lipinski definition) is 18. The molecule has 6 saturated carbocycles. The van der Waals surface area contributed by atoms with E-state index in [9.17, 15) is 25.8 Å². The summed E-state index contributed by atoms with van der Waals surface area (Å²) in [6.07, 6.45) is 21.9. The second-order valence-electron chi connectivity index (χ2n) is 24.5. The third-order valence-electron chi connectivity index (χ3n) is 18.7. The lowest BCUT2D eigenvalue weighted by Gasteiger charge is -2.67. The highest BCUT2D eigenvalue weighted by Crippen LogP contribution is 2.68. The van der Waals surface area contributed by atoms with Gasteiger partial charge < -0.3 is 39.3 Å². The minimum atomic E-state index is -0.448. The van der Waals surface area contributed by atoms with Gasteiger partial charge in [0.05, 0.1) is 79.0 Å². The maximum absolute atomic E-state index is 10.1. The predicted octanol–water partition coefficient (Wildman–Crippen LogP) is 7.57. The molecule has 0 radical (unpaired) electrons. The van der Waals surface area contributed by atoms with Crippen molar-refractivity contribution in [1.82, 2.24) is 49.0 Å². The van der Waals surface area contributed by atoms with Gasteiger partial charge in [-0.3, -0.25) is 9.80 Å². The Morgan fingerprint density at radius 1 is 0.590 bits per heavy atom. The zero-order valence-electron chi connectivity index (χ0n) is 46.2. The summed E-state index contributed by atoms with van der Waals surface area (Å²) in [6.45, 7) is 6.12. The lowest BCUT2D eigenvalue weighted by molar-refractivity contribution is -0.269. The van der Waals surface area contributed by atoms with E-state index in [-0.39, 0.29) is 16.8 Å². The van der Waals surface area contributed by atoms with Crippen molar-refractivity contribution in [3.8, 4) is 57.7 Å². The van der Waals surface area contributed by atoms with Crippen molar-refractivity contribution in [3.05, 3.63) is 132 Å². The number of fused-ring (bicyclic) bond motifs is 6. The summed E-state index contributed by atoms with van der Waals surface area (Å²) in [6, 6.07) is 26.2. The molecule has 20 rings (SSSR count). The van der Waals surface area contributed by atoms with Crippen molar-refractivity contribution in [2.75, 3.05) is 62.1 Å². The van der Waals surface area contributed by atoms with Gasteiger partial charge in [-0.1, -0.05) is 28.1 Å². The molecule has 6 aliphatic carbocycles. The van der Waals surface area contributed by atoms with Crippen molar-refractivity contribution >= 4 is 38.6 Å². The van der Waals surface area contributed by atoms with E-state index in [1.807, 2.05) is 55.1 Å². The third-order valence-corrected chi connectivity index (χ3v) is 19.9. The van der Waals surface area contributed by atoms with Gasteiger partial charge in [0, 0.05) is 133 Å². The molecule has 4 unspecified atom stereocenters. The molecule has 6 aliphatic heterocycles. The summed E-state index contributed by atoms with van der Waals surface area (Å²) in [5, 5.41) is 58.3. The quantitative estimate of drug-likeness (QED) is 0.0891. The molecule has 83 heavy (non-hydrogen) atoms. The molecule has 0 spiro atoms. The van der Waals surface area contributed by atoms with Gasteiger partial charge in [0.25, 0.3) is 0 Å². The predicted molar refractivity (Wildman–Crippen MR) is 311 cm³/mol. The highest BCUT2D eigenvalue weighted by Gasteiger charge is 2.68. The topological polar surface area (TPSA) is 235 Å². The number of hydrogen-bond donors (Lipinski definition) is 3. The number of piperidine rings is 2. The fraction of sp³-hybridized carbons (Fsp3) is 0.419. The van der Waals surface area contributed by atoms with E-state index in [4.69, 9.17) is 24.2 Å². The normalized spacial score (nSPS) is 27.5. The number of anilines is 2. The summed E-state index contributed by atoms with van der Waals surface area (Å²) in [4.78, 5) is 28.1. The van der Waals surface area contributed by atoms with Crippen LogP contribution in [0, 0.1) is 33.5 Å². The van der Waals surface area contributed by atoms with E-state index in [0.29, 0.717) is 70.3 Å². The molecule has 8 bridgehead atoms. The number of aliphatic hydroxyl groups is 2. The molecule has 424 valence electrons. The van der Waals surface area contributed by atoms with Crippen LogP contribution in [0.3, 0.4) is 0 Å². The van der Waals surface area contributed by atoms with Crippen LogP contribution in [0.15, 0.2) is 110 Å². The Bertz CT molecular complexity index is 3780. The molecule has 8 aromatic heterocycles. The van der Waals surface area contributed by atoms with E-state index in [1.165, 1.54) is 40.9 Å². The maximum atomic E-state index is 10.1. The molecular weight excluding hydrogens is 1120 g/mol. The lowest BCUT2D eigenvalue weighted by Crippen LogP contribution is -2.69. The maximum Gasteiger partial charge on any atom is 0.212 e. The standard InChI is InChI=1S/C31H31N7O3.C25H23N7O2.C6H9BrO/c1-40-28-5-2-20(9-34-28)12-37-23-6-24(37)14-36(13-23)27-4-3-21(10-33-27)26-7-25(15-38-29(26)22(8-32)11-35-38)41-19-30-16-31(39,17-30)18-30;1-34-24-5-2-16(9-28-24)12-31-19-6-20(31)14-30(13-19)23-4-3-17(10-27-23)22-7-21(33)15-32-25(22)18(8-26)11-29-32;7-4-5-1-6(8,2-5)3-5/h2-5,7,9-11,15,23-24,39H,6,12-14,16-19H2,1H3;2-5,7,9-11,15,19-20,33H,6,12-14H2,1H3;8H,1-4H2. The SMILES string of the molecule is COc1ccc(CN2C3CC2CN(c2ccc(-c4cc(O)cn5ncc(C#N)c45)cn2)C3)cn1.COc1ccc(CN2C3CC2CN(c2ccc(-c4cc(OCC56CC(O)(C5)C6)cn5ncc(C#N)c45)cn2)C3)cn1.OC12CC(CBr)(C1)C2. The Morgan fingerprint density at radius 3 is 1.46 bits per heavy atom. The Balaban J connectivity index is 0.000000132. The molecule has 14 heterocycles. The Labute approximate surface area is 488 Å². The Kier molecular flexibility index (Phi) is 13.1. The van der Waals surface area contributed by atoms with Crippen LogP contribution in [-0.4, -0.2) is 152 Å². The molecule has 21 heteroatoms. The van der Waals surface area contributed by atoms with Crippen LogP contribution in [0.25, 0.3) is 33.3 Å². The first-order chi connectivity index (χ1) is 40.2. The second kappa shape index (κ2) is 20.5. The molecule has 20 nitrogen and oxygen atoms in total. The molecule has 12 aliphatic rings. The number of methoxy groups -OCH3 is 2. The van der Waals surface area contributed by atoms with Gasteiger partial charge in [0.15, 0.2) is 0 Å². The van der Waals surface area contributed by atoms with Crippen molar-refractivity contribution < 1.29 is 29.5 Å². The average molecular weight is 1180 g/mol. The van der Waals surface area contributed by atoms with E-state index in [2.05, 4.69) is 92.1 Å². The molecule has 4 atom stereocenters. The third kappa shape index (κ3) is 9.71. The summed E-state index contributed by atoms with van der Waals surface area (Å²) in [7, 11) is 3.26. The Morgan fingerprint density at radius 2 is 1.06 bits per heavy atom. The number of nitrogens with zero attached hydrogens (tertiary/aromatic N) is 14. The van der Waals surface area contributed by atoms with Crippen molar-refractivity contribution in [2.45, 2.75) is 99.8 Å². The number of halogens is 1. The smallest absolute Gasteiger partial charge is 0.212 e. The fourth-order valence-electron chi connectivity index (χ4n) is 14.7. The summed E-state index contributed by atoms with van der Waals surface area (Å²) < 4.78 is 19.8. The number of aromatic hydroxyl groups is 1. The average Bonchev–Trinajstić information content (AvgIpc) is 1.73. The van der Waals surface area contributed by atoms with Crippen LogP contribution in [0.5, 0.6) is 23.3 Å². The lowest BCUT2D eigenvalue weighted by atomic mass is 9.41. The first-order valence-corrected chi connectivity index (χ1v) is 29.4. The monoisotopic (exact) mass is 1180 g/mol. The largest absolute Gasteiger partial charge is 0.506 e. The number of pyridine rings is 6. The van der Waals surface area contributed by atoms with Crippen LogP contribution in [0.4, 0.5) is 11.6 Å². The van der Waals surface area contributed by atoms with Gasteiger partial charge in [-0.15, -0.1) is 0 Å². The minimum absolute atomic E-state index is 0.0856. The summed E-state index contributed by atoms with van der Waals surface area (Å²) in [5.41, 5.74) is 8.12. The summed E-state index contributed by atoms with van der Waals surface area (Å²) >= 11 is 3.43. The van der Waals surface area contributed by atoms with E-state index >= 15 is 0 Å². The second-order valence-corrected chi connectivity index (χ2v) is 25.1. The number of piperazine rings is 2. The Hall–Kier alpha value is -7.92. The van der Waals surface area contributed by atoms with Crippen molar-refractivity contribution in [2.24, 2.45) is 10.8 Å². The van der Waals surface area contributed by atoms with Crippen molar-refractivity contribution in [3.63, 3.8) is 0 Å². The van der Waals surface area contributed by atoms with Gasteiger partial charge in [0.2, 0.25) is 11.8 Å². The van der Waals surface area contributed by atoms with Gasteiger partial charge in [-0.25, -0.2) is 29.0 Å². The summed E-state index contributed by atoms with van der Waals surface area (Å²) in [5.74, 6) is 3.96. The van der Waals surface area contributed by atoms with Crippen molar-refractivity contribution in [1.29, 1.82) is 10.5 Å². The van der Waals surface area contributed by atoms with Gasteiger partial charge >= 0.3 is 0 Å². The van der Waals surface area contributed by atoms with Crippen LogP contribution in [0.2, 0.25) is 0 Å². The van der Waals surface area contributed by atoms with Crippen LogP contribution >= 0.6 is 15.9 Å². The number of rotatable bonds is 14. The first-order valence-electron chi connectivity index (χ1n) is 28.3. The van der Waals surface area contributed by atoms with Crippen LogP contribution < -0.4 is 24.0 Å². The molecule has 6 saturated heterocycles. The fourth-order valence-corrected chi connectivity index (χ4v) is 15.3. The molecule has 0 aromatic carbocycles. The zero-order chi connectivity index (χ0) is 56.8. The highest BCUT2D eigenvalue weighted by molar-refractivity contribution is 9.09. The van der Waals surface area contributed by atoms with Gasteiger partial charge in [0.1, 0.15) is 35.3 Å². The molecule has 12 fully saturated rings. The van der Waals surface area contributed by atoms with E-state index in [0.717, 1.165) is 123 Å². The van der Waals surface area contributed by atoms with Gasteiger partial charge in [-0.05, 0) is 104 Å². The molecule has 0 amide bonds. The van der Waals surface area contributed by atoms with E-state index in [1.54, 1.807) is 37.2 Å². The first kappa shape index (κ1) is 53.1. The van der Waals surface area contributed by atoms with E-state index < -0.39 is 5.60 Å². The number of nitriles is 2.